The lowest BCUT2D eigenvalue weighted by Crippen LogP contribution is -2.16. The van der Waals surface area contributed by atoms with E-state index in [0.717, 1.165) is 17.4 Å². The third kappa shape index (κ3) is 3.56. The summed E-state index contributed by atoms with van der Waals surface area (Å²) in [5.41, 5.74) is 4.22. The van der Waals surface area contributed by atoms with Crippen LogP contribution in [0, 0.1) is 27.5 Å². The van der Waals surface area contributed by atoms with Crippen LogP contribution >= 0.6 is 0 Å². The minimum absolute atomic E-state index is 0.155. The maximum absolute atomic E-state index is 12.0. The van der Waals surface area contributed by atoms with Gasteiger partial charge in [-0.15, -0.1) is 0 Å². The second-order valence-corrected chi connectivity index (χ2v) is 7.84. The van der Waals surface area contributed by atoms with Crippen molar-refractivity contribution in [2.75, 3.05) is 15.9 Å². The van der Waals surface area contributed by atoms with E-state index in [-0.39, 0.29) is 16.8 Å². The lowest BCUT2D eigenvalue weighted by atomic mass is 9.98. The molecule has 0 aliphatic carbocycles. The zero-order chi connectivity index (χ0) is 24.0. The Morgan fingerprint density at radius 3 is 2.12 bits per heavy atom. The quantitative estimate of drug-likeness (QED) is 0.300. The molecule has 0 fully saturated rings. The molecule has 34 heavy (non-hydrogen) atoms. The van der Waals surface area contributed by atoms with E-state index in [9.17, 15) is 20.5 Å². The van der Waals surface area contributed by atoms with Crippen LogP contribution in [0.25, 0.3) is 28.0 Å². The predicted octanol–water partition coefficient (Wildman–Crippen LogP) is 5.54. The highest BCUT2D eigenvalue weighted by molar-refractivity contribution is 5.95. The molecule has 0 amide bonds. The maximum Gasteiger partial charge on any atom is 0.280 e. The van der Waals surface area contributed by atoms with Crippen molar-refractivity contribution in [3.63, 3.8) is 0 Å². The Kier molecular flexibility index (Phi) is 5.08. The minimum Gasteiger partial charge on any atom is -0.769 e. The van der Waals surface area contributed by atoms with Gasteiger partial charge < -0.3 is 26.3 Å². The van der Waals surface area contributed by atoms with Gasteiger partial charge in [-0.3, -0.25) is 10.1 Å². The Balaban J connectivity index is 1.77. The van der Waals surface area contributed by atoms with Crippen LogP contribution in [0.15, 0.2) is 66.4 Å². The third-order valence-electron chi connectivity index (χ3n) is 5.66. The second-order valence-electron chi connectivity index (χ2n) is 7.84. The molecule has 10 nitrogen and oxygen atoms in total. The number of fused-ring (bicyclic) bond motifs is 2. The molecular formula is C24H18N6O4-2. The van der Waals surface area contributed by atoms with Gasteiger partial charge in [-0.25, -0.2) is 9.97 Å². The fraction of sp³-hybridized carbons (Fsp3) is 0.0833. The van der Waals surface area contributed by atoms with E-state index in [0.29, 0.717) is 33.8 Å². The van der Waals surface area contributed by atoms with Crippen molar-refractivity contribution in [1.29, 1.82) is 0 Å². The van der Waals surface area contributed by atoms with Crippen LogP contribution in [0.2, 0.25) is 0 Å². The Morgan fingerprint density at radius 1 is 0.853 bits per heavy atom. The molecule has 3 aromatic carbocycles. The molecule has 1 aliphatic rings. The first-order valence-corrected chi connectivity index (χ1v) is 10.4. The molecule has 1 aliphatic heterocycles. The monoisotopic (exact) mass is 454 g/mol. The maximum atomic E-state index is 12.0. The van der Waals surface area contributed by atoms with Gasteiger partial charge in [0, 0.05) is 23.0 Å². The molecule has 0 bridgehead atoms. The average molecular weight is 454 g/mol. The smallest absolute Gasteiger partial charge is 0.280 e. The van der Waals surface area contributed by atoms with Gasteiger partial charge in [0.15, 0.2) is 0 Å². The van der Waals surface area contributed by atoms with E-state index in [1.165, 1.54) is 6.07 Å². The van der Waals surface area contributed by atoms with Gasteiger partial charge in [-0.05, 0) is 44.2 Å². The van der Waals surface area contributed by atoms with E-state index in [1.54, 1.807) is 32.0 Å². The predicted molar refractivity (Wildman–Crippen MR) is 132 cm³/mol. The Hall–Kier alpha value is -4.54. The molecule has 5 rings (SSSR count). The number of hydrogen-bond donors (Lipinski definition) is 2. The molecule has 10 heteroatoms. The summed E-state index contributed by atoms with van der Waals surface area (Å²) < 4.78 is 0. The number of aryl methyl sites for hydroxylation is 1. The molecule has 170 valence electrons. The van der Waals surface area contributed by atoms with Gasteiger partial charge in [0.05, 0.1) is 50.0 Å². The molecule has 1 aromatic heterocycles. The molecule has 0 atom stereocenters. The van der Waals surface area contributed by atoms with Gasteiger partial charge in [-0.1, -0.05) is 24.3 Å². The summed E-state index contributed by atoms with van der Waals surface area (Å²) in [5.74, 6) is 0. The average Bonchev–Trinajstić information content (AvgIpc) is 2.82. The lowest BCUT2D eigenvalue weighted by Gasteiger charge is -2.39. The standard InChI is InChI=1S/C24H18N6O4/c1-13-23(27-19-9-5-3-7-17(19)25-13)15-11-16(22(30(33)34)12-21(15)29(31)32)24-14(2)26-18-8-4-6-10-20(18)28-24/h3-12,25,27H,1-2H3/q-2. The lowest BCUT2D eigenvalue weighted by molar-refractivity contribution is -0.385. The van der Waals surface area contributed by atoms with Crippen molar-refractivity contribution >= 4 is 39.5 Å². The number of para-hydroxylation sites is 4. The molecular weight excluding hydrogens is 436 g/mol. The van der Waals surface area contributed by atoms with E-state index in [1.807, 2.05) is 30.3 Å². The molecule has 0 radical (unpaired) electrons. The number of rotatable bonds is 4. The van der Waals surface area contributed by atoms with Crippen LogP contribution in [-0.2, 0) is 0 Å². The summed E-state index contributed by atoms with van der Waals surface area (Å²) >= 11 is 0. The zero-order valence-electron chi connectivity index (χ0n) is 18.2. The SMILES string of the molecule is CC1=C(c2cc(-c3nc4ccccc4nc3C)c(N([O-])[O-])cc2[N+](=O)[O-])Nc2ccccc2N1. The van der Waals surface area contributed by atoms with Gasteiger partial charge in [0.1, 0.15) is 0 Å². The van der Waals surface area contributed by atoms with E-state index >= 15 is 0 Å². The number of benzene rings is 3. The largest absolute Gasteiger partial charge is 0.769 e. The highest BCUT2D eigenvalue weighted by Gasteiger charge is 2.26. The van der Waals surface area contributed by atoms with Gasteiger partial charge >= 0.3 is 0 Å². The number of anilines is 3. The molecule has 2 N–H and O–H groups in total. The normalized spacial score (nSPS) is 12.7. The minimum atomic E-state index is -0.633. The number of nitro benzene ring substituents is 1. The molecule has 0 saturated heterocycles. The summed E-state index contributed by atoms with van der Waals surface area (Å²) in [4.78, 5) is 20.5. The van der Waals surface area contributed by atoms with Crippen molar-refractivity contribution in [1.82, 2.24) is 9.97 Å². The number of nitrogens with one attached hydrogen (secondary N) is 2. The van der Waals surface area contributed by atoms with Gasteiger partial charge in [-0.2, -0.15) is 0 Å². The first-order chi connectivity index (χ1) is 16.3. The summed E-state index contributed by atoms with van der Waals surface area (Å²) in [6.45, 7) is 3.49. The molecule has 0 saturated carbocycles. The number of nitrogens with zero attached hydrogens (tertiary/aromatic N) is 4. The third-order valence-corrected chi connectivity index (χ3v) is 5.66. The number of allylic oxidation sites excluding steroid dienone is 1. The van der Waals surface area contributed by atoms with Crippen LogP contribution < -0.4 is 15.9 Å². The fourth-order valence-electron chi connectivity index (χ4n) is 4.08. The first-order valence-electron chi connectivity index (χ1n) is 10.4. The van der Waals surface area contributed by atoms with Crippen molar-refractivity contribution < 1.29 is 4.92 Å². The summed E-state index contributed by atoms with van der Waals surface area (Å²) in [6.07, 6.45) is 0. The van der Waals surface area contributed by atoms with E-state index < -0.39 is 15.8 Å². The molecule has 4 aromatic rings. The van der Waals surface area contributed by atoms with Crippen molar-refractivity contribution in [3.05, 3.63) is 98.1 Å². The van der Waals surface area contributed by atoms with Crippen molar-refractivity contribution in [2.24, 2.45) is 0 Å². The Morgan fingerprint density at radius 2 is 1.47 bits per heavy atom. The van der Waals surface area contributed by atoms with Crippen LogP contribution in [0.3, 0.4) is 0 Å². The van der Waals surface area contributed by atoms with Crippen LogP contribution in [0.5, 0.6) is 0 Å². The van der Waals surface area contributed by atoms with Crippen molar-refractivity contribution in [3.8, 4) is 11.3 Å². The van der Waals surface area contributed by atoms with Crippen LogP contribution in [0.1, 0.15) is 18.2 Å². The van der Waals surface area contributed by atoms with Gasteiger partial charge in [0.25, 0.3) is 5.69 Å². The van der Waals surface area contributed by atoms with Crippen LogP contribution in [-0.4, -0.2) is 14.9 Å². The highest BCUT2D eigenvalue weighted by atomic mass is 16.8. The second kappa shape index (κ2) is 8.10. The number of hydrogen-bond acceptors (Lipinski definition) is 9. The summed E-state index contributed by atoms with van der Waals surface area (Å²) in [6, 6.07) is 17.1. The zero-order valence-corrected chi connectivity index (χ0v) is 18.2. The summed E-state index contributed by atoms with van der Waals surface area (Å²) in [5, 5.41) is 41.7. The molecule has 2 heterocycles. The number of nitro groups is 1. The molecule has 0 unspecified atom stereocenters. The van der Waals surface area contributed by atoms with Gasteiger partial charge in [0.2, 0.25) is 0 Å². The first kappa shape index (κ1) is 21.3. The fourth-order valence-corrected chi connectivity index (χ4v) is 4.08. The Labute approximate surface area is 193 Å². The highest BCUT2D eigenvalue weighted by Crippen LogP contribution is 2.42. The van der Waals surface area contributed by atoms with Crippen LogP contribution in [0.4, 0.5) is 22.7 Å². The summed E-state index contributed by atoms with van der Waals surface area (Å²) in [7, 11) is 0. The van der Waals surface area contributed by atoms with Crippen molar-refractivity contribution in [2.45, 2.75) is 13.8 Å². The molecule has 0 spiro atoms. The van der Waals surface area contributed by atoms with E-state index in [4.69, 9.17) is 0 Å². The Bertz CT molecular complexity index is 1500. The number of aromatic nitrogens is 2. The van der Waals surface area contributed by atoms with E-state index in [2.05, 4.69) is 20.6 Å². The topological polar surface area (TPSA) is 142 Å².